The molecule has 2 fully saturated rings. The first kappa shape index (κ1) is 17.3. The summed E-state index contributed by atoms with van der Waals surface area (Å²) in [6.45, 7) is 7.80. The highest BCUT2D eigenvalue weighted by Crippen LogP contribution is 2.50. The molecule has 124 valence electrons. The van der Waals surface area contributed by atoms with Crippen molar-refractivity contribution < 1.29 is 4.74 Å². The SMILES string of the molecule is CCCCCCCCCC1(CNCC)CCOC1C1CC1. The predicted octanol–water partition coefficient (Wildman–Crippen LogP) is 4.92. The van der Waals surface area contributed by atoms with Gasteiger partial charge in [-0.15, -0.1) is 0 Å². The summed E-state index contributed by atoms with van der Waals surface area (Å²) in [5, 5.41) is 3.63. The monoisotopic (exact) mass is 295 g/mol. The van der Waals surface area contributed by atoms with Crippen molar-refractivity contribution in [3.05, 3.63) is 0 Å². The average molecular weight is 296 g/mol. The van der Waals surface area contributed by atoms with E-state index in [2.05, 4.69) is 19.2 Å². The van der Waals surface area contributed by atoms with Crippen LogP contribution in [0.5, 0.6) is 0 Å². The molecule has 2 heteroatoms. The fraction of sp³-hybridized carbons (Fsp3) is 1.00. The predicted molar refractivity (Wildman–Crippen MR) is 90.7 cm³/mol. The van der Waals surface area contributed by atoms with Crippen molar-refractivity contribution in [2.24, 2.45) is 11.3 Å². The zero-order chi connectivity index (χ0) is 15.0. The van der Waals surface area contributed by atoms with Gasteiger partial charge in [-0.1, -0.05) is 58.8 Å². The Labute approximate surface area is 132 Å². The standard InChI is InChI=1S/C19H37NO/c1-3-5-6-7-8-9-10-13-19(16-20-4-2)14-15-21-18(19)17-11-12-17/h17-18,20H,3-16H2,1-2H3. The van der Waals surface area contributed by atoms with Gasteiger partial charge in [0.2, 0.25) is 0 Å². The van der Waals surface area contributed by atoms with Gasteiger partial charge in [0, 0.05) is 18.6 Å². The molecule has 2 aliphatic rings. The van der Waals surface area contributed by atoms with E-state index >= 15 is 0 Å². The Hall–Kier alpha value is -0.0800. The molecule has 2 atom stereocenters. The Bertz CT molecular complexity index is 277. The molecule has 0 aromatic heterocycles. The van der Waals surface area contributed by atoms with E-state index in [1.807, 2.05) is 0 Å². The molecule has 21 heavy (non-hydrogen) atoms. The van der Waals surface area contributed by atoms with Crippen molar-refractivity contribution in [2.45, 2.75) is 90.6 Å². The van der Waals surface area contributed by atoms with Crippen molar-refractivity contribution in [1.29, 1.82) is 0 Å². The van der Waals surface area contributed by atoms with Crippen LogP contribution in [0.15, 0.2) is 0 Å². The number of rotatable bonds is 12. The topological polar surface area (TPSA) is 21.3 Å². The second-order valence-electron chi connectivity index (χ2n) is 7.39. The summed E-state index contributed by atoms with van der Waals surface area (Å²) >= 11 is 0. The molecule has 2 unspecified atom stereocenters. The molecule has 0 bridgehead atoms. The minimum atomic E-state index is 0.459. The number of unbranched alkanes of at least 4 members (excludes halogenated alkanes) is 6. The fourth-order valence-corrected chi connectivity index (χ4v) is 4.10. The van der Waals surface area contributed by atoms with E-state index < -0.39 is 0 Å². The highest BCUT2D eigenvalue weighted by molar-refractivity contribution is 5.00. The molecule has 1 aliphatic carbocycles. The lowest BCUT2D eigenvalue weighted by Gasteiger charge is -2.35. The van der Waals surface area contributed by atoms with Crippen LogP contribution in [-0.4, -0.2) is 25.8 Å². The third kappa shape index (κ3) is 5.25. The quantitative estimate of drug-likeness (QED) is 0.516. The van der Waals surface area contributed by atoms with Crippen LogP contribution in [0, 0.1) is 11.3 Å². The maximum atomic E-state index is 6.16. The molecule has 2 rings (SSSR count). The van der Waals surface area contributed by atoms with E-state index in [1.54, 1.807) is 0 Å². The van der Waals surface area contributed by atoms with E-state index in [0.29, 0.717) is 11.5 Å². The second kappa shape index (κ2) is 9.15. The first-order valence-electron chi connectivity index (χ1n) is 9.64. The van der Waals surface area contributed by atoms with Crippen LogP contribution in [-0.2, 0) is 4.74 Å². The normalized spacial score (nSPS) is 29.1. The summed E-state index contributed by atoms with van der Waals surface area (Å²) in [5.74, 6) is 0.885. The van der Waals surface area contributed by atoms with Crippen LogP contribution >= 0.6 is 0 Å². The maximum absolute atomic E-state index is 6.16. The second-order valence-corrected chi connectivity index (χ2v) is 7.39. The van der Waals surface area contributed by atoms with Crippen molar-refractivity contribution in [3.8, 4) is 0 Å². The molecule has 2 nitrogen and oxygen atoms in total. The molecule has 0 radical (unpaired) electrons. The van der Waals surface area contributed by atoms with Gasteiger partial charge in [0.15, 0.2) is 0 Å². The summed E-state index contributed by atoms with van der Waals surface area (Å²) in [6, 6.07) is 0. The van der Waals surface area contributed by atoms with Gasteiger partial charge in [-0.3, -0.25) is 0 Å². The van der Waals surface area contributed by atoms with E-state index in [0.717, 1.165) is 19.1 Å². The number of ether oxygens (including phenoxy) is 1. The lowest BCUT2D eigenvalue weighted by molar-refractivity contribution is 0.0255. The van der Waals surface area contributed by atoms with Crippen molar-refractivity contribution in [3.63, 3.8) is 0 Å². The van der Waals surface area contributed by atoms with E-state index in [-0.39, 0.29) is 0 Å². The first-order valence-corrected chi connectivity index (χ1v) is 9.64. The van der Waals surface area contributed by atoms with Crippen LogP contribution in [0.3, 0.4) is 0 Å². The molecular formula is C19H37NO. The van der Waals surface area contributed by atoms with E-state index in [4.69, 9.17) is 4.74 Å². The van der Waals surface area contributed by atoms with Gasteiger partial charge < -0.3 is 10.1 Å². The molecule has 0 aromatic carbocycles. The number of hydrogen-bond donors (Lipinski definition) is 1. The van der Waals surface area contributed by atoms with Crippen LogP contribution in [0.2, 0.25) is 0 Å². The summed E-state index contributed by atoms with van der Waals surface area (Å²) in [7, 11) is 0. The summed E-state index contributed by atoms with van der Waals surface area (Å²) in [6.07, 6.45) is 16.0. The first-order chi connectivity index (χ1) is 10.3. The maximum Gasteiger partial charge on any atom is 0.0672 e. The third-order valence-electron chi connectivity index (χ3n) is 5.56. The average Bonchev–Trinajstić information content (AvgIpc) is 3.26. The van der Waals surface area contributed by atoms with Gasteiger partial charge >= 0.3 is 0 Å². The van der Waals surface area contributed by atoms with Gasteiger partial charge in [-0.2, -0.15) is 0 Å². The lowest BCUT2D eigenvalue weighted by atomic mass is 9.74. The minimum absolute atomic E-state index is 0.459. The Balaban J connectivity index is 1.71. The van der Waals surface area contributed by atoms with Crippen LogP contribution < -0.4 is 5.32 Å². The van der Waals surface area contributed by atoms with Gasteiger partial charge in [0.1, 0.15) is 0 Å². The number of nitrogens with one attached hydrogen (secondary N) is 1. The molecule has 1 saturated carbocycles. The van der Waals surface area contributed by atoms with Crippen molar-refractivity contribution in [1.82, 2.24) is 5.32 Å². The van der Waals surface area contributed by atoms with Crippen LogP contribution in [0.1, 0.15) is 84.5 Å². The Morgan fingerprint density at radius 1 is 1.00 bits per heavy atom. The van der Waals surface area contributed by atoms with E-state index in [9.17, 15) is 0 Å². The Morgan fingerprint density at radius 2 is 1.71 bits per heavy atom. The minimum Gasteiger partial charge on any atom is -0.377 e. The van der Waals surface area contributed by atoms with Gasteiger partial charge in [0.05, 0.1) is 6.10 Å². The highest BCUT2D eigenvalue weighted by Gasteiger charge is 2.49. The molecule has 0 spiro atoms. The molecule has 1 saturated heterocycles. The zero-order valence-electron chi connectivity index (χ0n) is 14.5. The molecule has 1 aliphatic heterocycles. The van der Waals surface area contributed by atoms with Gasteiger partial charge in [-0.05, 0) is 38.1 Å². The molecule has 1 heterocycles. The van der Waals surface area contributed by atoms with Crippen LogP contribution in [0.25, 0.3) is 0 Å². The zero-order valence-corrected chi connectivity index (χ0v) is 14.5. The van der Waals surface area contributed by atoms with Crippen LogP contribution in [0.4, 0.5) is 0 Å². The molecular weight excluding hydrogens is 258 g/mol. The Kier molecular flexibility index (Phi) is 7.53. The largest absolute Gasteiger partial charge is 0.377 e. The summed E-state index contributed by atoms with van der Waals surface area (Å²) in [5.41, 5.74) is 0.459. The highest BCUT2D eigenvalue weighted by atomic mass is 16.5. The van der Waals surface area contributed by atoms with Crippen molar-refractivity contribution in [2.75, 3.05) is 19.7 Å². The Morgan fingerprint density at radius 3 is 2.38 bits per heavy atom. The summed E-state index contributed by atoms with van der Waals surface area (Å²) < 4.78 is 6.16. The van der Waals surface area contributed by atoms with Gasteiger partial charge in [0.25, 0.3) is 0 Å². The summed E-state index contributed by atoms with van der Waals surface area (Å²) in [4.78, 5) is 0. The lowest BCUT2D eigenvalue weighted by Crippen LogP contribution is -2.42. The fourth-order valence-electron chi connectivity index (χ4n) is 4.10. The smallest absolute Gasteiger partial charge is 0.0672 e. The molecule has 0 aromatic rings. The molecule has 1 N–H and O–H groups in total. The number of hydrogen-bond acceptors (Lipinski definition) is 2. The van der Waals surface area contributed by atoms with E-state index in [1.165, 1.54) is 77.2 Å². The molecule has 0 amide bonds. The van der Waals surface area contributed by atoms with Gasteiger partial charge in [-0.25, -0.2) is 0 Å². The third-order valence-corrected chi connectivity index (χ3v) is 5.56. The van der Waals surface area contributed by atoms with Crippen molar-refractivity contribution >= 4 is 0 Å².